The van der Waals surface area contributed by atoms with Gasteiger partial charge in [0.2, 0.25) is 0 Å². The second kappa shape index (κ2) is 4.65. The highest BCUT2D eigenvalue weighted by atomic mass is 32.2. The van der Waals surface area contributed by atoms with Gasteiger partial charge in [-0.2, -0.15) is 8.42 Å². The molecular formula is C5H12O4S. The summed E-state index contributed by atoms with van der Waals surface area (Å²) in [6.45, 7) is 2.53. The summed E-state index contributed by atoms with van der Waals surface area (Å²) in [5.41, 5.74) is 0. The van der Waals surface area contributed by atoms with Crippen LogP contribution in [0.5, 0.6) is 0 Å². The predicted octanol–water partition coefficient (Wildman–Crippen LogP) is -0.000900. The smallest absolute Gasteiger partial charge is 0.269 e. The first kappa shape index (κ1) is 9.87. The quantitative estimate of drug-likeness (QED) is 0.428. The third kappa shape index (κ3) is 4.72. The Morgan fingerprint density at radius 1 is 1.40 bits per heavy atom. The maximum absolute atomic E-state index is 10.6. The molecule has 0 rings (SSSR count). The van der Waals surface area contributed by atoms with E-state index in [1.807, 2.05) is 0 Å². The fourth-order valence-corrected chi connectivity index (χ4v) is 0.877. The standard InChI is InChI=1S/C5H12O4S/c1-3-9-4-5-10(6,7)8-2/h3-5H2,1-2H3. The van der Waals surface area contributed by atoms with Crippen molar-refractivity contribution in [2.45, 2.75) is 6.92 Å². The maximum Gasteiger partial charge on any atom is 0.269 e. The lowest BCUT2D eigenvalue weighted by Gasteiger charge is -1.99. The second-order valence-electron chi connectivity index (χ2n) is 1.63. The van der Waals surface area contributed by atoms with Gasteiger partial charge in [0.05, 0.1) is 19.5 Å². The molecule has 0 amide bonds. The van der Waals surface area contributed by atoms with Crippen molar-refractivity contribution >= 4 is 10.1 Å². The molecule has 0 N–H and O–H groups in total. The molecule has 10 heavy (non-hydrogen) atoms. The molecule has 0 unspecified atom stereocenters. The predicted molar refractivity (Wildman–Crippen MR) is 37.3 cm³/mol. The Bertz CT molecular complexity index is 160. The number of rotatable bonds is 5. The van der Waals surface area contributed by atoms with Crippen LogP contribution in [0.4, 0.5) is 0 Å². The molecule has 0 heterocycles. The van der Waals surface area contributed by atoms with Crippen molar-refractivity contribution in [3.8, 4) is 0 Å². The second-order valence-corrected chi connectivity index (χ2v) is 3.48. The lowest BCUT2D eigenvalue weighted by molar-refractivity contribution is 0.161. The minimum Gasteiger partial charge on any atom is -0.381 e. The molecule has 0 saturated heterocycles. The molecule has 5 heteroatoms. The highest BCUT2D eigenvalue weighted by Gasteiger charge is 2.06. The summed E-state index contributed by atoms with van der Waals surface area (Å²) in [5.74, 6) is -0.0721. The van der Waals surface area contributed by atoms with Gasteiger partial charge >= 0.3 is 0 Å². The van der Waals surface area contributed by atoms with Crippen LogP contribution in [0, 0.1) is 0 Å². The average molecular weight is 168 g/mol. The number of hydrogen-bond donors (Lipinski definition) is 0. The van der Waals surface area contributed by atoms with Gasteiger partial charge in [0.15, 0.2) is 0 Å². The summed E-state index contributed by atoms with van der Waals surface area (Å²) < 4.78 is 30.1. The van der Waals surface area contributed by atoms with Crippen molar-refractivity contribution in [3.05, 3.63) is 0 Å². The third-order valence-corrected chi connectivity index (χ3v) is 2.11. The van der Waals surface area contributed by atoms with Gasteiger partial charge in [0.25, 0.3) is 10.1 Å². The van der Waals surface area contributed by atoms with Gasteiger partial charge in [-0.1, -0.05) is 0 Å². The Morgan fingerprint density at radius 2 is 2.00 bits per heavy atom. The highest BCUT2D eigenvalue weighted by Crippen LogP contribution is 1.89. The van der Waals surface area contributed by atoms with E-state index >= 15 is 0 Å². The lowest BCUT2D eigenvalue weighted by atomic mass is 10.8. The van der Waals surface area contributed by atoms with Gasteiger partial charge in [0.1, 0.15) is 0 Å². The first-order valence-corrected chi connectivity index (χ1v) is 4.56. The van der Waals surface area contributed by atoms with Gasteiger partial charge in [-0.25, -0.2) is 0 Å². The van der Waals surface area contributed by atoms with Crippen molar-refractivity contribution in [2.75, 3.05) is 26.1 Å². The molecule has 4 nitrogen and oxygen atoms in total. The Balaban J connectivity index is 3.49. The van der Waals surface area contributed by atoms with Gasteiger partial charge in [-0.15, -0.1) is 0 Å². The molecule has 0 bridgehead atoms. The zero-order valence-corrected chi connectivity index (χ0v) is 6.98. The van der Waals surface area contributed by atoms with Crippen molar-refractivity contribution in [1.82, 2.24) is 0 Å². The molecule has 0 aromatic heterocycles. The molecule has 0 aliphatic heterocycles. The fraction of sp³-hybridized carbons (Fsp3) is 1.00. The maximum atomic E-state index is 10.6. The zero-order valence-electron chi connectivity index (χ0n) is 6.16. The Kier molecular flexibility index (Phi) is 4.59. The van der Waals surface area contributed by atoms with Crippen LogP contribution in [0.1, 0.15) is 6.92 Å². The molecule has 0 aromatic carbocycles. The van der Waals surface area contributed by atoms with Crippen LogP contribution in [0.25, 0.3) is 0 Å². The fourth-order valence-electron chi connectivity index (χ4n) is 0.389. The summed E-state index contributed by atoms with van der Waals surface area (Å²) >= 11 is 0. The van der Waals surface area contributed by atoms with E-state index in [4.69, 9.17) is 4.74 Å². The van der Waals surface area contributed by atoms with Crippen LogP contribution in [0.2, 0.25) is 0 Å². The van der Waals surface area contributed by atoms with E-state index in [0.717, 1.165) is 7.11 Å². The Labute approximate surface area is 61.3 Å². The van der Waals surface area contributed by atoms with Crippen molar-refractivity contribution < 1.29 is 17.3 Å². The van der Waals surface area contributed by atoms with Gasteiger partial charge < -0.3 is 4.74 Å². The van der Waals surface area contributed by atoms with Gasteiger partial charge in [0, 0.05) is 6.61 Å². The summed E-state index contributed by atoms with van der Waals surface area (Å²) in [6, 6.07) is 0. The van der Waals surface area contributed by atoms with Crippen LogP contribution < -0.4 is 0 Å². The number of ether oxygens (including phenoxy) is 1. The van der Waals surface area contributed by atoms with Gasteiger partial charge in [-0.05, 0) is 6.92 Å². The lowest BCUT2D eigenvalue weighted by Crippen LogP contribution is -2.13. The topological polar surface area (TPSA) is 52.6 Å². The van der Waals surface area contributed by atoms with Crippen LogP contribution in [-0.2, 0) is 19.0 Å². The minimum absolute atomic E-state index is 0.0721. The van der Waals surface area contributed by atoms with Crippen LogP contribution in [0.15, 0.2) is 0 Å². The monoisotopic (exact) mass is 168 g/mol. The van der Waals surface area contributed by atoms with E-state index in [-0.39, 0.29) is 12.4 Å². The van der Waals surface area contributed by atoms with Crippen LogP contribution >= 0.6 is 0 Å². The molecule has 0 saturated carbocycles. The third-order valence-electron chi connectivity index (χ3n) is 0.936. The van der Waals surface area contributed by atoms with Crippen molar-refractivity contribution in [2.24, 2.45) is 0 Å². The van der Waals surface area contributed by atoms with E-state index in [2.05, 4.69) is 4.18 Å². The van der Waals surface area contributed by atoms with E-state index < -0.39 is 10.1 Å². The first-order valence-electron chi connectivity index (χ1n) is 2.98. The normalized spacial score (nSPS) is 11.8. The average Bonchev–Trinajstić information content (AvgIpc) is 1.89. The molecular weight excluding hydrogens is 156 g/mol. The van der Waals surface area contributed by atoms with Crippen LogP contribution in [0.3, 0.4) is 0 Å². The molecule has 0 spiro atoms. The van der Waals surface area contributed by atoms with Crippen molar-refractivity contribution in [3.63, 3.8) is 0 Å². The van der Waals surface area contributed by atoms with Crippen molar-refractivity contribution in [1.29, 1.82) is 0 Å². The summed E-state index contributed by atoms with van der Waals surface area (Å²) in [4.78, 5) is 0. The minimum atomic E-state index is -3.32. The molecule has 0 radical (unpaired) electrons. The zero-order chi connectivity index (χ0) is 8.04. The molecule has 0 fully saturated rings. The Morgan fingerprint density at radius 3 is 2.40 bits per heavy atom. The van der Waals surface area contributed by atoms with E-state index in [1.54, 1.807) is 6.92 Å². The SMILES string of the molecule is CCOCCS(=O)(=O)OC. The highest BCUT2D eigenvalue weighted by molar-refractivity contribution is 7.86. The number of hydrogen-bond acceptors (Lipinski definition) is 4. The molecule has 0 aliphatic rings. The summed E-state index contributed by atoms with van der Waals surface area (Å²) in [5, 5.41) is 0. The molecule has 62 valence electrons. The summed E-state index contributed by atoms with van der Waals surface area (Å²) in [6.07, 6.45) is 0. The first-order chi connectivity index (χ1) is 4.62. The molecule has 0 aromatic rings. The largest absolute Gasteiger partial charge is 0.381 e. The van der Waals surface area contributed by atoms with Crippen LogP contribution in [-0.4, -0.2) is 34.5 Å². The molecule has 0 atom stereocenters. The summed E-state index contributed by atoms with van der Waals surface area (Å²) in [7, 11) is -2.18. The molecule has 0 aliphatic carbocycles. The van der Waals surface area contributed by atoms with E-state index in [1.165, 1.54) is 0 Å². The van der Waals surface area contributed by atoms with E-state index in [9.17, 15) is 8.42 Å². The van der Waals surface area contributed by atoms with E-state index in [0.29, 0.717) is 6.61 Å². The Hall–Kier alpha value is -0.130. The van der Waals surface area contributed by atoms with Gasteiger partial charge in [-0.3, -0.25) is 4.18 Å².